The van der Waals surface area contributed by atoms with Crippen molar-refractivity contribution in [2.24, 2.45) is 29.6 Å². The summed E-state index contributed by atoms with van der Waals surface area (Å²) in [5.74, 6) is -2.56. The Morgan fingerprint density at radius 3 is 2.55 bits per heavy atom. The van der Waals surface area contributed by atoms with Crippen LogP contribution in [0, 0.1) is 29.6 Å². The van der Waals surface area contributed by atoms with Gasteiger partial charge in [-0.25, -0.2) is 0 Å². The smallest absolute Gasteiger partial charge is 0.311 e. The maximum Gasteiger partial charge on any atom is 0.311 e. The largest absolute Gasteiger partial charge is 0.481 e. The number of carboxylic acids is 1. The molecular formula is C26H31NO5S. The molecule has 0 radical (unpaired) electrons. The third-order valence-electron chi connectivity index (χ3n) is 8.37. The number of nitrogens with zero attached hydrogens (tertiary/aromatic N) is 1. The van der Waals surface area contributed by atoms with Gasteiger partial charge < -0.3 is 15.1 Å². The van der Waals surface area contributed by atoms with Crippen LogP contribution in [0.5, 0.6) is 0 Å². The van der Waals surface area contributed by atoms with Gasteiger partial charge in [0, 0.05) is 23.8 Å². The first kappa shape index (κ1) is 22.7. The lowest BCUT2D eigenvalue weighted by Gasteiger charge is -2.43. The second-order valence-electron chi connectivity index (χ2n) is 10.2. The number of aliphatic hydroxyl groups is 1. The molecule has 4 aliphatic rings. The molecule has 7 atom stereocenters. The molecule has 2 saturated heterocycles. The van der Waals surface area contributed by atoms with Gasteiger partial charge in [0.25, 0.3) is 0 Å². The Hall–Kier alpha value is -2.12. The van der Waals surface area contributed by atoms with Crippen LogP contribution in [0.15, 0.2) is 47.4 Å². The van der Waals surface area contributed by atoms with Crippen molar-refractivity contribution < 1.29 is 24.6 Å². The first-order chi connectivity index (χ1) is 15.8. The molecule has 3 fully saturated rings. The van der Waals surface area contributed by atoms with Crippen LogP contribution in [-0.2, 0) is 14.4 Å². The van der Waals surface area contributed by atoms with Crippen LogP contribution in [0.4, 0.5) is 0 Å². The number of carbonyl (C=O) groups excluding carboxylic acids is 2. The number of rotatable bonds is 5. The number of Topliss-reactive ketones (excluding diaryl/α,β-unsaturated/α-hetero) is 1. The molecule has 2 aliphatic heterocycles. The van der Waals surface area contributed by atoms with E-state index >= 15 is 0 Å². The van der Waals surface area contributed by atoms with E-state index in [1.54, 1.807) is 0 Å². The molecule has 1 aromatic rings. The molecule has 176 valence electrons. The predicted molar refractivity (Wildman–Crippen MR) is 124 cm³/mol. The van der Waals surface area contributed by atoms with Crippen LogP contribution in [0.2, 0.25) is 0 Å². The summed E-state index contributed by atoms with van der Waals surface area (Å²) in [7, 11) is 0. The molecule has 0 spiro atoms. The van der Waals surface area contributed by atoms with E-state index in [2.05, 4.69) is 12.2 Å². The van der Waals surface area contributed by atoms with Crippen LogP contribution in [0.25, 0.3) is 0 Å². The molecule has 1 aromatic carbocycles. The maximum absolute atomic E-state index is 14.5. The van der Waals surface area contributed by atoms with Gasteiger partial charge in [-0.3, -0.25) is 14.4 Å². The van der Waals surface area contributed by atoms with Gasteiger partial charge in [0.05, 0.1) is 0 Å². The number of ketones is 1. The molecule has 1 saturated carbocycles. The number of aliphatic carboxylic acids is 1. The topological polar surface area (TPSA) is 94.9 Å². The van der Waals surface area contributed by atoms with Gasteiger partial charge in [-0.1, -0.05) is 50.1 Å². The number of hydrogen-bond acceptors (Lipinski definition) is 5. The third kappa shape index (κ3) is 3.46. The minimum atomic E-state index is -1.83. The molecule has 0 aromatic heterocycles. The molecule has 5 rings (SSSR count). The number of allylic oxidation sites excluding steroid dienone is 2. The molecule has 6 nitrogen and oxygen atoms in total. The second-order valence-corrected chi connectivity index (χ2v) is 11.6. The van der Waals surface area contributed by atoms with Gasteiger partial charge in [-0.2, -0.15) is 0 Å². The number of benzene rings is 1. The van der Waals surface area contributed by atoms with Crippen LogP contribution in [0.3, 0.4) is 0 Å². The summed E-state index contributed by atoms with van der Waals surface area (Å²) >= 11 is 1.20. The van der Waals surface area contributed by atoms with E-state index in [9.17, 15) is 24.6 Å². The summed E-state index contributed by atoms with van der Waals surface area (Å²) in [5, 5.41) is 21.3. The van der Waals surface area contributed by atoms with Gasteiger partial charge in [-0.15, -0.1) is 11.8 Å². The highest BCUT2D eigenvalue weighted by Crippen LogP contribution is 2.56. The normalized spacial score (nSPS) is 39.9. The number of thioether (sulfide) groups is 1. The van der Waals surface area contributed by atoms with Crippen molar-refractivity contribution in [1.82, 2.24) is 4.90 Å². The van der Waals surface area contributed by atoms with E-state index in [0.717, 1.165) is 30.6 Å². The molecule has 7 heteroatoms. The number of fused-ring (bicyclic) bond motifs is 2. The minimum absolute atomic E-state index is 0.00162. The fraction of sp³-hybridized carbons (Fsp3) is 0.577. The van der Waals surface area contributed by atoms with Crippen molar-refractivity contribution in [1.29, 1.82) is 0 Å². The average molecular weight is 470 g/mol. The van der Waals surface area contributed by atoms with E-state index < -0.39 is 28.3 Å². The summed E-state index contributed by atoms with van der Waals surface area (Å²) in [6.07, 6.45) is 8.63. The van der Waals surface area contributed by atoms with E-state index in [1.165, 1.54) is 16.7 Å². The van der Waals surface area contributed by atoms with E-state index in [4.69, 9.17) is 0 Å². The minimum Gasteiger partial charge on any atom is -0.481 e. The van der Waals surface area contributed by atoms with E-state index in [1.807, 2.05) is 37.3 Å². The van der Waals surface area contributed by atoms with Gasteiger partial charge in [0.15, 0.2) is 16.3 Å². The molecule has 2 heterocycles. The zero-order valence-corrected chi connectivity index (χ0v) is 19.7. The number of amides is 1. The predicted octanol–water partition coefficient (Wildman–Crippen LogP) is 3.74. The number of carbonyl (C=O) groups is 3. The van der Waals surface area contributed by atoms with Crippen molar-refractivity contribution in [3.8, 4) is 0 Å². The highest BCUT2D eigenvalue weighted by molar-refractivity contribution is 8.02. The lowest BCUT2D eigenvalue weighted by Crippen LogP contribution is -2.51. The number of carboxylic acid groups (broad SMARTS) is 1. The zero-order chi connectivity index (χ0) is 23.4. The molecule has 0 unspecified atom stereocenters. The van der Waals surface area contributed by atoms with Crippen molar-refractivity contribution in [2.45, 2.75) is 60.8 Å². The van der Waals surface area contributed by atoms with Crippen molar-refractivity contribution >= 4 is 29.4 Å². The summed E-state index contributed by atoms with van der Waals surface area (Å²) in [6.45, 7) is 2.20. The SMILES string of the molecule is C[C@H]1C=C[C@H]2CCCC[C@@H]2[C@H]1C(=O)[C@]1(Sc2ccccc2)C[C@]2(O)[C@H](C(=O)O)CCN2C1=O. The van der Waals surface area contributed by atoms with Gasteiger partial charge in [0.2, 0.25) is 5.91 Å². The first-order valence-corrected chi connectivity index (χ1v) is 12.8. The molecular weight excluding hydrogens is 438 g/mol. The van der Waals surface area contributed by atoms with Crippen molar-refractivity contribution in [2.75, 3.05) is 6.54 Å². The Labute approximate surface area is 198 Å². The highest BCUT2D eigenvalue weighted by Gasteiger charge is 2.70. The Balaban J connectivity index is 1.58. The Morgan fingerprint density at radius 1 is 1.09 bits per heavy atom. The Morgan fingerprint density at radius 2 is 1.82 bits per heavy atom. The quantitative estimate of drug-likeness (QED) is 0.504. The zero-order valence-electron chi connectivity index (χ0n) is 18.9. The van der Waals surface area contributed by atoms with E-state index in [-0.39, 0.29) is 42.9 Å². The Kier molecular flexibility index (Phi) is 5.68. The van der Waals surface area contributed by atoms with Crippen molar-refractivity contribution in [3.63, 3.8) is 0 Å². The lowest BCUT2D eigenvalue weighted by molar-refractivity contribution is -0.161. The molecule has 2 aliphatic carbocycles. The summed E-state index contributed by atoms with van der Waals surface area (Å²) < 4.78 is -1.52. The summed E-state index contributed by atoms with van der Waals surface area (Å²) in [4.78, 5) is 42.4. The highest BCUT2D eigenvalue weighted by atomic mass is 32.2. The van der Waals surface area contributed by atoms with Gasteiger partial charge in [0.1, 0.15) is 5.92 Å². The fourth-order valence-corrected chi connectivity index (χ4v) is 8.18. The second kappa shape index (κ2) is 8.27. The van der Waals surface area contributed by atoms with Crippen LogP contribution in [-0.4, -0.2) is 49.8 Å². The standard InChI is InChI=1S/C26H31NO5S/c1-16-11-12-17-7-5-6-10-19(17)21(16)22(28)25(33-18-8-3-2-4-9-18)15-26(32)20(23(29)30)13-14-27(26)24(25)31/h2-4,8-9,11-12,16-17,19-21,32H,5-7,10,13-15H2,1H3,(H,29,30)/t16-,17+,19-,20-,21-,25+,26-/m0/s1. The summed E-state index contributed by atoms with van der Waals surface area (Å²) in [6, 6.07) is 9.32. The van der Waals surface area contributed by atoms with Crippen LogP contribution >= 0.6 is 11.8 Å². The maximum atomic E-state index is 14.5. The fourth-order valence-electron chi connectivity index (χ4n) is 6.76. The molecule has 1 amide bonds. The monoisotopic (exact) mass is 469 g/mol. The van der Waals surface area contributed by atoms with Gasteiger partial charge in [-0.05, 0) is 49.1 Å². The lowest BCUT2D eigenvalue weighted by atomic mass is 9.62. The molecule has 33 heavy (non-hydrogen) atoms. The van der Waals surface area contributed by atoms with Crippen LogP contribution in [0.1, 0.15) is 45.4 Å². The van der Waals surface area contributed by atoms with Crippen LogP contribution < -0.4 is 0 Å². The van der Waals surface area contributed by atoms with Gasteiger partial charge >= 0.3 is 5.97 Å². The Bertz CT molecular complexity index is 996. The van der Waals surface area contributed by atoms with E-state index in [0.29, 0.717) is 5.92 Å². The summed E-state index contributed by atoms with van der Waals surface area (Å²) in [5.41, 5.74) is -1.83. The third-order valence-corrected chi connectivity index (χ3v) is 9.74. The first-order valence-electron chi connectivity index (χ1n) is 12.0. The average Bonchev–Trinajstić information content (AvgIpc) is 3.24. The van der Waals surface area contributed by atoms with Crippen molar-refractivity contribution in [3.05, 3.63) is 42.5 Å². The molecule has 2 N–H and O–H groups in total. The molecule has 0 bridgehead atoms. The number of hydrogen-bond donors (Lipinski definition) is 2.